The van der Waals surface area contributed by atoms with Crippen LogP contribution in [0.15, 0.2) is 36.5 Å². The molecular formula is C15H11F4N3O3. The van der Waals surface area contributed by atoms with Crippen LogP contribution in [0.4, 0.5) is 28.9 Å². The molecule has 0 aliphatic carbocycles. The molecule has 3 N–H and O–H groups in total. The molecule has 25 heavy (non-hydrogen) atoms. The van der Waals surface area contributed by atoms with Gasteiger partial charge in [-0.15, -0.1) is 0 Å². The number of aromatic nitrogens is 1. The molecule has 0 unspecified atom stereocenters. The Bertz CT molecular complexity index is 829. The second-order valence-corrected chi connectivity index (χ2v) is 5.16. The number of carbonyl (C=O) groups is 1. The van der Waals surface area contributed by atoms with Crippen molar-refractivity contribution in [1.82, 2.24) is 4.98 Å². The van der Waals surface area contributed by atoms with Gasteiger partial charge in [-0.2, -0.15) is 17.6 Å². The van der Waals surface area contributed by atoms with Crippen LogP contribution in [0, 0.1) is 0 Å². The van der Waals surface area contributed by atoms with E-state index in [2.05, 4.69) is 19.8 Å². The number of nitrogens with zero attached hydrogens (tertiary/aromatic N) is 1. The molecule has 0 bridgehead atoms. The summed E-state index contributed by atoms with van der Waals surface area (Å²) in [6.07, 6.45) is -8.31. The van der Waals surface area contributed by atoms with E-state index in [0.29, 0.717) is 11.4 Å². The van der Waals surface area contributed by atoms with E-state index in [0.717, 1.165) is 12.1 Å². The maximum absolute atomic E-state index is 13.2. The van der Waals surface area contributed by atoms with Crippen molar-refractivity contribution in [3.8, 4) is 11.5 Å². The third kappa shape index (κ3) is 3.28. The standard InChI is InChI=1S/C15H11F4N3O3/c16-14(17)15(18,19)25-12-6-8(3-4-11(12)24-14)22-13(23)7-10-9(20)2-1-5-21-10/h1-6H,7,20H2,(H,22,23). The zero-order valence-electron chi connectivity index (χ0n) is 12.4. The summed E-state index contributed by atoms with van der Waals surface area (Å²) in [4.78, 5) is 15.9. The number of nitrogens with one attached hydrogen (secondary N) is 1. The molecule has 0 fully saturated rings. The van der Waals surface area contributed by atoms with Gasteiger partial charge in [-0.1, -0.05) is 0 Å². The van der Waals surface area contributed by atoms with E-state index in [-0.39, 0.29) is 12.1 Å². The number of alkyl halides is 4. The summed E-state index contributed by atoms with van der Waals surface area (Å²) in [5, 5.41) is 2.41. The zero-order chi connectivity index (χ0) is 18.2. The molecule has 1 aliphatic heterocycles. The first-order valence-electron chi connectivity index (χ1n) is 6.95. The summed E-state index contributed by atoms with van der Waals surface area (Å²) < 4.78 is 60.5. The lowest BCUT2D eigenvalue weighted by molar-refractivity contribution is -0.391. The molecule has 2 aromatic rings. The summed E-state index contributed by atoms with van der Waals surface area (Å²) in [7, 11) is 0. The predicted octanol–water partition coefficient (Wildman–Crippen LogP) is 2.80. The molecule has 2 heterocycles. The van der Waals surface area contributed by atoms with Gasteiger partial charge in [-0.05, 0) is 24.3 Å². The minimum atomic E-state index is -4.83. The zero-order valence-corrected chi connectivity index (χ0v) is 12.4. The Morgan fingerprint density at radius 2 is 1.80 bits per heavy atom. The Labute approximate surface area is 138 Å². The molecule has 10 heteroatoms. The molecule has 1 aromatic heterocycles. The number of nitrogens with two attached hydrogens (primary N) is 1. The molecule has 132 valence electrons. The summed E-state index contributed by atoms with van der Waals surface area (Å²) in [6, 6.07) is 6.33. The number of amides is 1. The lowest BCUT2D eigenvalue weighted by Gasteiger charge is -2.31. The van der Waals surface area contributed by atoms with Crippen molar-refractivity contribution < 1.29 is 31.8 Å². The van der Waals surface area contributed by atoms with Crippen LogP contribution in [-0.4, -0.2) is 23.1 Å². The molecule has 0 saturated heterocycles. The fourth-order valence-electron chi connectivity index (χ4n) is 2.10. The highest BCUT2D eigenvalue weighted by molar-refractivity contribution is 5.93. The van der Waals surface area contributed by atoms with Crippen LogP contribution >= 0.6 is 0 Å². The van der Waals surface area contributed by atoms with Crippen molar-refractivity contribution >= 4 is 17.3 Å². The molecule has 0 spiro atoms. The van der Waals surface area contributed by atoms with E-state index < -0.39 is 29.6 Å². The van der Waals surface area contributed by atoms with Gasteiger partial charge in [0.05, 0.1) is 17.8 Å². The lowest BCUT2D eigenvalue weighted by Crippen LogP contribution is -2.52. The Kier molecular flexibility index (Phi) is 3.90. The topological polar surface area (TPSA) is 86.5 Å². The minimum absolute atomic E-state index is 0.0582. The molecule has 1 aromatic carbocycles. The second kappa shape index (κ2) is 5.80. The van der Waals surface area contributed by atoms with Crippen LogP contribution in [0.25, 0.3) is 0 Å². The van der Waals surface area contributed by atoms with Crippen LogP contribution in [0.5, 0.6) is 11.5 Å². The van der Waals surface area contributed by atoms with E-state index in [1.165, 1.54) is 12.3 Å². The average molecular weight is 357 g/mol. The smallest absolute Gasteiger partial charge is 0.421 e. The number of halogens is 4. The first kappa shape index (κ1) is 16.8. The first-order chi connectivity index (χ1) is 11.7. The number of pyridine rings is 1. The van der Waals surface area contributed by atoms with E-state index in [1.54, 1.807) is 12.1 Å². The highest BCUT2D eigenvalue weighted by atomic mass is 19.3. The van der Waals surface area contributed by atoms with Crippen molar-refractivity contribution in [2.75, 3.05) is 11.1 Å². The van der Waals surface area contributed by atoms with Crippen molar-refractivity contribution in [3.05, 3.63) is 42.2 Å². The maximum atomic E-state index is 13.2. The number of anilines is 2. The molecule has 1 aliphatic rings. The van der Waals surface area contributed by atoms with Crippen molar-refractivity contribution in [2.24, 2.45) is 0 Å². The van der Waals surface area contributed by atoms with E-state index in [9.17, 15) is 22.4 Å². The number of nitrogen functional groups attached to an aromatic ring is 1. The number of rotatable bonds is 3. The second-order valence-electron chi connectivity index (χ2n) is 5.16. The van der Waals surface area contributed by atoms with Gasteiger partial charge in [-0.3, -0.25) is 9.78 Å². The fraction of sp³-hybridized carbons (Fsp3) is 0.200. The normalized spacial score (nSPS) is 17.0. The maximum Gasteiger partial charge on any atom is 0.507 e. The van der Waals surface area contributed by atoms with Gasteiger partial charge in [0.15, 0.2) is 11.5 Å². The van der Waals surface area contributed by atoms with Crippen molar-refractivity contribution in [3.63, 3.8) is 0 Å². The van der Waals surface area contributed by atoms with Crippen molar-refractivity contribution in [2.45, 2.75) is 18.6 Å². The molecule has 1 amide bonds. The molecule has 0 radical (unpaired) electrons. The number of hydrogen-bond donors (Lipinski definition) is 2. The van der Waals surface area contributed by atoms with Crippen LogP contribution in [0.1, 0.15) is 5.69 Å². The third-order valence-electron chi connectivity index (χ3n) is 3.30. The van der Waals surface area contributed by atoms with Gasteiger partial charge in [0, 0.05) is 18.0 Å². The Morgan fingerprint density at radius 1 is 1.12 bits per heavy atom. The van der Waals surface area contributed by atoms with Crippen molar-refractivity contribution in [1.29, 1.82) is 0 Å². The van der Waals surface area contributed by atoms with Crippen LogP contribution < -0.4 is 20.5 Å². The Morgan fingerprint density at radius 3 is 2.48 bits per heavy atom. The molecular weight excluding hydrogens is 346 g/mol. The van der Waals surface area contributed by atoms with Crippen LogP contribution in [0.2, 0.25) is 0 Å². The summed E-state index contributed by atoms with van der Waals surface area (Å²) >= 11 is 0. The largest absolute Gasteiger partial charge is 0.507 e. The van der Waals surface area contributed by atoms with E-state index >= 15 is 0 Å². The van der Waals surface area contributed by atoms with Crippen LogP contribution in [-0.2, 0) is 11.2 Å². The molecule has 3 rings (SSSR count). The summed E-state index contributed by atoms with van der Waals surface area (Å²) in [5.41, 5.74) is 6.39. The predicted molar refractivity (Wildman–Crippen MR) is 78.6 cm³/mol. The van der Waals surface area contributed by atoms with E-state index in [1.807, 2.05) is 0 Å². The average Bonchev–Trinajstić information content (AvgIpc) is 2.50. The lowest BCUT2D eigenvalue weighted by atomic mass is 10.2. The summed E-state index contributed by atoms with van der Waals surface area (Å²) in [6.45, 7) is 0. The fourth-order valence-corrected chi connectivity index (χ4v) is 2.10. The molecule has 6 nitrogen and oxygen atoms in total. The van der Waals surface area contributed by atoms with Gasteiger partial charge >= 0.3 is 12.2 Å². The highest BCUT2D eigenvalue weighted by Crippen LogP contribution is 2.47. The van der Waals surface area contributed by atoms with Crippen LogP contribution in [0.3, 0.4) is 0 Å². The first-order valence-corrected chi connectivity index (χ1v) is 6.95. The van der Waals surface area contributed by atoms with Gasteiger partial charge in [0.2, 0.25) is 5.91 Å². The van der Waals surface area contributed by atoms with E-state index in [4.69, 9.17) is 5.73 Å². The van der Waals surface area contributed by atoms with Gasteiger partial charge in [-0.25, -0.2) is 0 Å². The quantitative estimate of drug-likeness (QED) is 0.825. The number of ether oxygens (including phenoxy) is 2. The molecule has 0 atom stereocenters. The summed E-state index contributed by atoms with van der Waals surface area (Å²) in [5.74, 6) is -1.71. The highest BCUT2D eigenvalue weighted by Gasteiger charge is 2.65. The minimum Gasteiger partial charge on any atom is -0.421 e. The Balaban J connectivity index is 1.75. The number of carbonyl (C=O) groups excluding carboxylic acids is 1. The van der Waals surface area contributed by atoms with Gasteiger partial charge in [0.1, 0.15) is 0 Å². The number of benzene rings is 1. The molecule has 0 saturated carbocycles. The number of fused-ring (bicyclic) bond motifs is 1. The number of hydrogen-bond acceptors (Lipinski definition) is 5. The Hall–Kier alpha value is -3.04. The monoisotopic (exact) mass is 357 g/mol. The van der Waals surface area contributed by atoms with Gasteiger partial charge < -0.3 is 20.5 Å². The van der Waals surface area contributed by atoms with Gasteiger partial charge in [0.25, 0.3) is 0 Å². The SMILES string of the molecule is Nc1cccnc1CC(=O)Nc1ccc2c(c1)OC(F)(F)C(F)(F)O2. The third-order valence-corrected chi connectivity index (χ3v) is 3.30.